The lowest BCUT2D eigenvalue weighted by Gasteiger charge is -2.29. The summed E-state index contributed by atoms with van der Waals surface area (Å²) in [7, 11) is 0. The second kappa shape index (κ2) is 2.37. The molecule has 2 aliphatic carbocycles. The Balaban J connectivity index is 1.91. The van der Waals surface area contributed by atoms with Crippen LogP contribution in [0.3, 0.4) is 0 Å². The maximum absolute atomic E-state index is 9.96. The number of thioether (sulfide) groups is 2. The third kappa shape index (κ3) is 0.782. The van der Waals surface area contributed by atoms with Crippen LogP contribution in [-0.4, -0.2) is 26.8 Å². The first-order valence-electron chi connectivity index (χ1n) is 4.71. The fraction of sp³-hybridized carbons (Fsp3) is 1.00. The minimum Gasteiger partial charge on any atom is -0.391 e. The molecule has 0 radical (unpaired) electrons. The minimum absolute atomic E-state index is 0.0128. The van der Waals surface area contributed by atoms with E-state index in [-0.39, 0.29) is 10.2 Å². The number of hydrogen-bond donors (Lipinski definition) is 1. The van der Waals surface area contributed by atoms with Gasteiger partial charge in [-0.15, -0.1) is 23.5 Å². The van der Waals surface area contributed by atoms with Crippen molar-refractivity contribution in [1.29, 1.82) is 0 Å². The maximum atomic E-state index is 9.96. The largest absolute Gasteiger partial charge is 0.391 e. The first kappa shape index (κ1) is 8.01. The Hall–Kier alpha value is 0.660. The van der Waals surface area contributed by atoms with Gasteiger partial charge < -0.3 is 5.11 Å². The van der Waals surface area contributed by atoms with E-state index in [0.717, 1.165) is 24.2 Å². The van der Waals surface area contributed by atoms with Crippen molar-refractivity contribution in [3.05, 3.63) is 0 Å². The molecule has 3 heteroatoms. The number of aliphatic hydroxyl groups excluding tert-OH is 1. The highest BCUT2D eigenvalue weighted by Crippen LogP contribution is 2.71. The van der Waals surface area contributed by atoms with Gasteiger partial charge in [0.25, 0.3) is 0 Å². The summed E-state index contributed by atoms with van der Waals surface area (Å²) in [6.07, 6.45) is 1.06. The summed E-state index contributed by atoms with van der Waals surface area (Å²) in [5, 5.41) is 9.96. The molecule has 2 saturated carbocycles. The van der Waals surface area contributed by atoms with Crippen LogP contribution in [0.2, 0.25) is 0 Å². The molecule has 12 heavy (non-hydrogen) atoms. The van der Waals surface area contributed by atoms with Gasteiger partial charge in [0.15, 0.2) is 0 Å². The standard InChI is InChI=1S/C9H14OS2/c1-5-6-4-7(10)9(8(5)6)11-2-3-12-9/h5-8,10H,2-4H2,1H3. The van der Waals surface area contributed by atoms with Gasteiger partial charge in [0.2, 0.25) is 0 Å². The van der Waals surface area contributed by atoms with Gasteiger partial charge in [-0.05, 0) is 24.2 Å². The molecular formula is C9H14OS2. The molecule has 0 bridgehead atoms. The Morgan fingerprint density at radius 2 is 2.00 bits per heavy atom. The Morgan fingerprint density at radius 3 is 2.58 bits per heavy atom. The van der Waals surface area contributed by atoms with Crippen molar-refractivity contribution in [2.45, 2.75) is 23.5 Å². The number of rotatable bonds is 0. The molecule has 4 atom stereocenters. The predicted molar refractivity (Wildman–Crippen MR) is 54.4 cm³/mol. The van der Waals surface area contributed by atoms with E-state index in [1.165, 1.54) is 11.5 Å². The second-order valence-electron chi connectivity index (χ2n) is 4.22. The highest BCUT2D eigenvalue weighted by Gasteiger charge is 2.68. The zero-order valence-electron chi connectivity index (χ0n) is 7.19. The van der Waals surface area contributed by atoms with Crippen LogP contribution in [0, 0.1) is 17.8 Å². The Bertz CT molecular complexity index is 213. The zero-order valence-corrected chi connectivity index (χ0v) is 8.83. The van der Waals surface area contributed by atoms with Crippen LogP contribution in [0.4, 0.5) is 0 Å². The van der Waals surface area contributed by atoms with Gasteiger partial charge in [-0.1, -0.05) is 6.92 Å². The third-order valence-electron chi connectivity index (χ3n) is 3.73. The van der Waals surface area contributed by atoms with Gasteiger partial charge in [-0.2, -0.15) is 0 Å². The van der Waals surface area contributed by atoms with Gasteiger partial charge in [-0.25, -0.2) is 0 Å². The normalized spacial score (nSPS) is 54.5. The van der Waals surface area contributed by atoms with Gasteiger partial charge in [0.05, 0.1) is 10.2 Å². The van der Waals surface area contributed by atoms with E-state index in [1.807, 2.05) is 23.5 Å². The fourth-order valence-electron chi connectivity index (χ4n) is 3.04. The summed E-state index contributed by atoms with van der Waals surface area (Å²) in [6, 6.07) is 0. The SMILES string of the molecule is CC1C2CC(O)C3(SCCS3)C12. The van der Waals surface area contributed by atoms with Crippen molar-refractivity contribution in [2.75, 3.05) is 11.5 Å². The first-order valence-corrected chi connectivity index (χ1v) is 6.69. The van der Waals surface area contributed by atoms with E-state index in [9.17, 15) is 5.11 Å². The van der Waals surface area contributed by atoms with Crippen LogP contribution in [-0.2, 0) is 0 Å². The molecule has 3 fully saturated rings. The topological polar surface area (TPSA) is 20.2 Å². The van der Waals surface area contributed by atoms with Gasteiger partial charge in [0, 0.05) is 11.5 Å². The molecule has 1 saturated heterocycles. The molecule has 0 aromatic rings. The molecule has 68 valence electrons. The van der Waals surface area contributed by atoms with Crippen LogP contribution in [0.25, 0.3) is 0 Å². The van der Waals surface area contributed by atoms with Crippen molar-refractivity contribution in [3.8, 4) is 0 Å². The second-order valence-corrected chi connectivity index (χ2v) is 7.22. The van der Waals surface area contributed by atoms with Crippen molar-refractivity contribution < 1.29 is 5.11 Å². The zero-order chi connectivity index (χ0) is 8.34. The highest BCUT2D eigenvalue weighted by atomic mass is 32.2. The smallest absolute Gasteiger partial charge is 0.0902 e. The fourth-order valence-corrected chi connectivity index (χ4v) is 6.92. The van der Waals surface area contributed by atoms with Gasteiger partial charge in [0.1, 0.15) is 0 Å². The summed E-state index contributed by atoms with van der Waals surface area (Å²) in [5.41, 5.74) is 0. The number of hydrogen-bond acceptors (Lipinski definition) is 3. The summed E-state index contributed by atoms with van der Waals surface area (Å²) in [6.45, 7) is 2.35. The van der Waals surface area contributed by atoms with Gasteiger partial charge >= 0.3 is 0 Å². The summed E-state index contributed by atoms with van der Waals surface area (Å²) in [5.74, 6) is 5.09. The molecule has 0 amide bonds. The van der Waals surface area contributed by atoms with Crippen LogP contribution in [0.5, 0.6) is 0 Å². The van der Waals surface area contributed by atoms with Crippen LogP contribution in [0.1, 0.15) is 13.3 Å². The summed E-state index contributed by atoms with van der Waals surface area (Å²) >= 11 is 4.05. The molecular weight excluding hydrogens is 188 g/mol. The molecule has 1 aliphatic heterocycles. The molecule has 3 rings (SSSR count). The van der Waals surface area contributed by atoms with Crippen molar-refractivity contribution in [1.82, 2.24) is 0 Å². The Kier molecular flexibility index (Phi) is 1.58. The molecule has 1 N–H and O–H groups in total. The Morgan fingerprint density at radius 1 is 1.33 bits per heavy atom. The molecule has 3 aliphatic rings. The summed E-state index contributed by atoms with van der Waals surface area (Å²) < 4.78 is 0.240. The monoisotopic (exact) mass is 202 g/mol. The predicted octanol–water partition coefficient (Wildman–Crippen LogP) is 1.81. The van der Waals surface area contributed by atoms with E-state index in [2.05, 4.69) is 6.92 Å². The minimum atomic E-state index is -0.0128. The van der Waals surface area contributed by atoms with Crippen LogP contribution >= 0.6 is 23.5 Å². The first-order chi connectivity index (χ1) is 5.76. The van der Waals surface area contributed by atoms with E-state index in [4.69, 9.17) is 0 Å². The lowest BCUT2D eigenvalue weighted by atomic mass is 10.1. The van der Waals surface area contributed by atoms with Crippen molar-refractivity contribution >= 4 is 23.5 Å². The molecule has 0 aromatic carbocycles. The number of aliphatic hydroxyl groups is 1. The molecule has 4 unspecified atom stereocenters. The van der Waals surface area contributed by atoms with Crippen molar-refractivity contribution in [2.24, 2.45) is 17.8 Å². The van der Waals surface area contributed by atoms with Crippen molar-refractivity contribution in [3.63, 3.8) is 0 Å². The Labute approximate surface area is 81.7 Å². The quantitative estimate of drug-likeness (QED) is 0.647. The van der Waals surface area contributed by atoms with Gasteiger partial charge in [-0.3, -0.25) is 0 Å². The maximum Gasteiger partial charge on any atom is 0.0902 e. The van der Waals surface area contributed by atoms with E-state index in [0.29, 0.717) is 0 Å². The molecule has 1 spiro atoms. The average molecular weight is 202 g/mol. The van der Waals surface area contributed by atoms with E-state index in [1.54, 1.807) is 0 Å². The third-order valence-corrected chi connectivity index (χ3v) is 7.50. The molecule has 1 heterocycles. The molecule has 1 nitrogen and oxygen atoms in total. The highest BCUT2D eigenvalue weighted by molar-refractivity contribution is 8.21. The molecule has 0 aromatic heterocycles. The average Bonchev–Trinajstić information content (AvgIpc) is 2.56. The van der Waals surface area contributed by atoms with E-state index < -0.39 is 0 Å². The number of fused-ring (bicyclic) bond motifs is 2. The summed E-state index contributed by atoms with van der Waals surface area (Å²) in [4.78, 5) is 0. The lowest BCUT2D eigenvalue weighted by Crippen LogP contribution is -2.33. The lowest BCUT2D eigenvalue weighted by molar-refractivity contribution is 0.158. The van der Waals surface area contributed by atoms with E-state index >= 15 is 0 Å². The van der Waals surface area contributed by atoms with Crippen LogP contribution in [0.15, 0.2) is 0 Å². The van der Waals surface area contributed by atoms with Crippen LogP contribution < -0.4 is 0 Å².